The Morgan fingerprint density at radius 1 is 0.708 bits per heavy atom. The molecule has 0 unspecified atom stereocenters. The smallest absolute Gasteiger partial charge is 0.00508 e. The molecule has 0 N–H and O–H groups in total. The van der Waals surface area contributed by atoms with Crippen LogP contribution in [0.3, 0.4) is 0 Å². The van der Waals surface area contributed by atoms with Gasteiger partial charge < -0.3 is 0 Å². The molecule has 24 heavy (non-hydrogen) atoms. The first-order valence-corrected chi connectivity index (χ1v) is 12.4. The molecular weight excluding hydrogens is 417 g/mol. The minimum absolute atomic E-state index is 0. The van der Waals surface area contributed by atoms with E-state index in [4.69, 9.17) is 0 Å². The SMILES string of the molecule is CC(C)P(CCP(C(C)C)C(C)C)C(C)C.[CH2][C]1[CH]C=CC=C1.[Rh]. The van der Waals surface area contributed by atoms with Gasteiger partial charge in [0.1, 0.15) is 0 Å². The molecule has 0 saturated heterocycles. The number of hydrogen-bond donors (Lipinski definition) is 0. The van der Waals surface area contributed by atoms with Crippen molar-refractivity contribution in [3.8, 4) is 0 Å². The fourth-order valence-corrected chi connectivity index (χ4v) is 9.23. The van der Waals surface area contributed by atoms with E-state index < -0.39 is 0 Å². The van der Waals surface area contributed by atoms with Crippen molar-refractivity contribution in [2.45, 2.75) is 78.0 Å². The van der Waals surface area contributed by atoms with Gasteiger partial charge in [-0.05, 0) is 48.3 Å². The Balaban J connectivity index is 0. The maximum absolute atomic E-state index is 3.72. The van der Waals surface area contributed by atoms with Crippen LogP contribution in [-0.2, 0) is 19.5 Å². The summed E-state index contributed by atoms with van der Waals surface area (Å²) in [7, 11) is 0.511. The second-order valence-electron chi connectivity index (χ2n) is 7.34. The largest absolute Gasteiger partial charge is 0.101 e. The van der Waals surface area contributed by atoms with Crippen LogP contribution >= 0.6 is 15.8 Å². The fraction of sp³-hybridized carbons (Fsp3) is 0.667. The summed E-state index contributed by atoms with van der Waals surface area (Å²) in [6, 6.07) is 0. The average Bonchev–Trinajstić information content (AvgIpc) is 2.43. The van der Waals surface area contributed by atoms with Crippen LogP contribution in [0.1, 0.15) is 55.4 Å². The van der Waals surface area contributed by atoms with E-state index in [0.29, 0.717) is 0 Å². The summed E-state index contributed by atoms with van der Waals surface area (Å²) in [5.41, 5.74) is 3.63. The van der Waals surface area contributed by atoms with Gasteiger partial charge in [-0.1, -0.05) is 79.7 Å². The maximum Gasteiger partial charge on any atom is 0.00508 e. The number of hydrogen-bond acceptors (Lipinski definition) is 0. The van der Waals surface area contributed by atoms with E-state index in [2.05, 4.69) is 62.3 Å². The molecule has 0 aromatic carbocycles. The van der Waals surface area contributed by atoms with Crippen molar-refractivity contribution >= 4 is 15.8 Å². The summed E-state index contributed by atoms with van der Waals surface area (Å²) in [6.07, 6.45) is 12.9. The first-order valence-electron chi connectivity index (χ1n) is 9.05. The predicted octanol–water partition coefficient (Wildman–Crippen LogP) is 7.31. The molecule has 0 spiro atoms. The van der Waals surface area contributed by atoms with Gasteiger partial charge in [-0.15, -0.1) is 15.8 Å². The van der Waals surface area contributed by atoms with Gasteiger partial charge in [-0.3, -0.25) is 0 Å². The first kappa shape index (κ1) is 27.2. The van der Waals surface area contributed by atoms with Crippen molar-refractivity contribution in [1.82, 2.24) is 0 Å². The minimum Gasteiger partial charge on any atom is -0.101 e. The van der Waals surface area contributed by atoms with Crippen LogP contribution < -0.4 is 0 Å². The molecule has 3 heteroatoms. The average molecular weight is 456 g/mol. The monoisotopic (exact) mass is 456 g/mol. The Kier molecular flexibility index (Phi) is 17.1. The number of rotatable bonds is 7. The molecule has 0 fully saturated rings. The fourth-order valence-electron chi connectivity index (χ4n) is 2.93. The van der Waals surface area contributed by atoms with E-state index in [1.165, 1.54) is 12.3 Å². The van der Waals surface area contributed by atoms with E-state index in [1.54, 1.807) is 0 Å². The van der Waals surface area contributed by atoms with E-state index >= 15 is 0 Å². The zero-order valence-electron chi connectivity index (χ0n) is 17.0. The summed E-state index contributed by atoms with van der Waals surface area (Å²) < 4.78 is 0. The van der Waals surface area contributed by atoms with E-state index in [9.17, 15) is 0 Å². The van der Waals surface area contributed by atoms with Gasteiger partial charge in [-0.25, -0.2) is 0 Å². The molecule has 1 aliphatic rings. The second-order valence-corrected chi connectivity index (χ2v) is 14.4. The van der Waals surface area contributed by atoms with Crippen molar-refractivity contribution in [3.63, 3.8) is 0 Å². The molecule has 0 atom stereocenters. The summed E-state index contributed by atoms with van der Waals surface area (Å²) in [5.74, 6) is 1.07. The Hall–Kier alpha value is 0.963. The second kappa shape index (κ2) is 15.1. The van der Waals surface area contributed by atoms with E-state index in [-0.39, 0.29) is 35.3 Å². The molecule has 0 aromatic heterocycles. The zero-order chi connectivity index (χ0) is 18.0. The third-order valence-corrected chi connectivity index (χ3v) is 11.3. The molecule has 0 bridgehead atoms. The Morgan fingerprint density at radius 2 is 1.08 bits per heavy atom. The van der Waals surface area contributed by atoms with Gasteiger partial charge in [0.05, 0.1) is 0 Å². The Labute approximate surface area is 169 Å². The van der Waals surface area contributed by atoms with Crippen LogP contribution in [0.15, 0.2) is 24.3 Å². The van der Waals surface area contributed by atoms with Crippen molar-refractivity contribution in [2.75, 3.05) is 12.3 Å². The molecular formula is C21H39P2Rh. The minimum atomic E-state index is 0. The summed E-state index contributed by atoms with van der Waals surface area (Å²) >= 11 is 0. The number of allylic oxidation sites excluding steroid dienone is 4. The standard InChI is InChI=1S/C14H32P2.C7H7.Rh/c1-11(2)15(12(3)4)9-10-16(13(5)6)14(7)8;1-7-5-3-2-4-6-7;/h11-14H,9-10H2,1-8H3;2-6H,1H2;. The van der Waals surface area contributed by atoms with Crippen LogP contribution in [0.2, 0.25) is 0 Å². The third-order valence-electron chi connectivity index (χ3n) is 4.11. The molecule has 0 aromatic rings. The quantitative estimate of drug-likeness (QED) is 0.278. The molecule has 0 heterocycles. The van der Waals surface area contributed by atoms with Crippen LogP contribution in [0.5, 0.6) is 0 Å². The Morgan fingerprint density at radius 3 is 1.25 bits per heavy atom. The van der Waals surface area contributed by atoms with Crippen LogP contribution in [0, 0.1) is 19.3 Å². The van der Waals surface area contributed by atoms with Gasteiger partial charge in [0.15, 0.2) is 0 Å². The van der Waals surface area contributed by atoms with Crippen molar-refractivity contribution in [3.05, 3.63) is 43.6 Å². The van der Waals surface area contributed by atoms with Gasteiger partial charge in [0, 0.05) is 25.4 Å². The molecule has 142 valence electrons. The van der Waals surface area contributed by atoms with Crippen LogP contribution in [-0.4, -0.2) is 35.0 Å². The van der Waals surface area contributed by atoms with Gasteiger partial charge in [0.2, 0.25) is 0 Å². The molecule has 0 amide bonds. The van der Waals surface area contributed by atoms with E-state index in [1.807, 2.05) is 30.7 Å². The van der Waals surface area contributed by atoms with Gasteiger partial charge in [-0.2, -0.15) is 0 Å². The molecule has 0 aliphatic heterocycles. The normalized spacial score (nSPS) is 14.8. The van der Waals surface area contributed by atoms with Gasteiger partial charge >= 0.3 is 0 Å². The van der Waals surface area contributed by atoms with Crippen molar-refractivity contribution < 1.29 is 19.5 Å². The zero-order valence-corrected chi connectivity index (χ0v) is 20.5. The van der Waals surface area contributed by atoms with Crippen molar-refractivity contribution in [2.24, 2.45) is 0 Å². The van der Waals surface area contributed by atoms with Crippen molar-refractivity contribution in [1.29, 1.82) is 0 Å². The third kappa shape index (κ3) is 12.3. The molecule has 0 nitrogen and oxygen atoms in total. The molecule has 4 radical (unpaired) electrons. The summed E-state index contributed by atoms with van der Waals surface area (Å²) in [5, 5.41) is 0. The molecule has 1 aliphatic carbocycles. The van der Waals surface area contributed by atoms with E-state index in [0.717, 1.165) is 28.6 Å². The van der Waals surface area contributed by atoms with Crippen LogP contribution in [0.4, 0.5) is 0 Å². The maximum atomic E-state index is 3.72. The van der Waals surface area contributed by atoms with Crippen LogP contribution in [0.25, 0.3) is 0 Å². The molecule has 1 rings (SSSR count). The topological polar surface area (TPSA) is 0 Å². The summed E-state index contributed by atoms with van der Waals surface area (Å²) in [6.45, 7) is 23.0. The van der Waals surface area contributed by atoms with Gasteiger partial charge in [0.25, 0.3) is 0 Å². The predicted molar refractivity (Wildman–Crippen MR) is 115 cm³/mol. The molecule has 0 saturated carbocycles. The first-order chi connectivity index (χ1) is 10.7. The summed E-state index contributed by atoms with van der Waals surface area (Å²) in [4.78, 5) is 0. The Bertz CT molecular complexity index is 310.